The fourth-order valence-corrected chi connectivity index (χ4v) is 5.19. The summed E-state index contributed by atoms with van der Waals surface area (Å²) in [6.07, 6.45) is 19.9. The van der Waals surface area contributed by atoms with Crippen molar-refractivity contribution >= 4 is 13.7 Å². The van der Waals surface area contributed by atoms with Gasteiger partial charge in [-0.05, 0) is 12.8 Å². The molecule has 0 saturated heterocycles. The summed E-state index contributed by atoms with van der Waals surface area (Å²) >= 11 is 0. The smallest absolute Gasteiger partial charge is 0.391 e. The molecule has 0 saturated carbocycles. The number of phosphoric acid groups is 1. The first kappa shape index (κ1) is 38.5. The van der Waals surface area contributed by atoms with E-state index in [1.54, 1.807) is 0 Å². The average molecular weight is 580 g/mol. The van der Waals surface area contributed by atoms with Crippen LogP contribution >= 0.6 is 7.82 Å². The van der Waals surface area contributed by atoms with E-state index in [2.05, 4.69) is 19.2 Å². The summed E-state index contributed by atoms with van der Waals surface area (Å²) in [5, 5.41) is 13.7. The van der Waals surface area contributed by atoms with Gasteiger partial charge in [-0.15, -0.1) is 0 Å². The first-order valence-electron chi connectivity index (χ1n) is 15.9. The van der Waals surface area contributed by atoms with Crippen molar-refractivity contribution in [1.82, 2.24) is 5.32 Å². The van der Waals surface area contributed by atoms with Gasteiger partial charge in [0.2, 0.25) is 5.91 Å². The molecule has 0 aromatic heterocycles. The zero-order valence-electron chi connectivity index (χ0n) is 26.1. The maximum atomic E-state index is 12.6. The van der Waals surface area contributed by atoms with Gasteiger partial charge in [-0.2, -0.15) is 0 Å². The van der Waals surface area contributed by atoms with Crippen molar-refractivity contribution in [3.8, 4) is 0 Å². The molecule has 39 heavy (non-hydrogen) atoms. The van der Waals surface area contributed by atoms with Crippen molar-refractivity contribution < 1.29 is 32.9 Å². The molecule has 1 amide bonds. The van der Waals surface area contributed by atoms with Gasteiger partial charge in [0.1, 0.15) is 13.2 Å². The van der Waals surface area contributed by atoms with E-state index in [1.165, 1.54) is 70.6 Å². The summed E-state index contributed by atoms with van der Waals surface area (Å²) in [4.78, 5) is 22.7. The van der Waals surface area contributed by atoms with Gasteiger partial charge in [-0.25, -0.2) is 4.57 Å². The number of carbonyl (C=O) groups is 1. The molecular weight excluding hydrogens is 515 g/mol. The van der Waals surface area contributed by atoms with E-state index in [0.29, 0.717) is 23.9 Å². The predicted molar refractivity (Wildman–Crippen MR) is 162 cm³/mol. The van der Waals surface area contributed by atoms with Crippen LogP contribution in [0.2, 0.25) is 0 Å². The van der Waals surface area contributed by atoms with Gasteiger partial charge >= 0.3 is 7.82 Å². The molecule has 0 fully saturated rings. The molecule has 0 aliphatic rings. The van der Waals surface area contributed by atoms with E-state index >= 15 is 0 Å². The fourth-order valence-electron chi connectivity index (χ4n) is 4.45. The van der Waals surface area contributed by atoms with E-state index < -0.39 is 20.0 Å². The number of hydrogen-bond acceptors (Lipinski definition) is 5. The van der Waals surface area contributed by atoms with Crippen LogP contribution in [0.25, 0.3) is 0 Å². The lowest BCUT2D eigenvalue weighted by atomic mass is 10.0. The van der Waals surface area contributed by atoms with Gasteiger partial charge in [-0.1, -0.05) is 117 Å². The Morgan fingerprint density at radius 3 is 1.72 bits per heavy atom. The number of aliphatic hydroxyl groups is 1. The zero-order valence-corrected chi connectivity index (χ0v) is 27.0. The largest absolute Gasteiger partial charge is 0.472 e. The second-order valence-electron chi connectivity index (χ2n) is 12.2. The van der Waals surface area contributed by atoms with Crippen LogP contribution < -0.4 is 5.32 Å². The highest BCUT2D eigenvalue weighted by Gasteiger charge is 2.28. The first-order valence-corrected chi connectivity index (χ1v) is 17.4. The molecule has 0 aliphatic heterocycles. The number of likely N-dealkylation sites (N-methyl/N-ethyl adjacent to an activating group) is 1. The molecule has 0 radical (unpaired) electrons. The Hall–Kier alpha value is -0.500. The van der Waals surface area contributed by atoms with Crippen LogP contribution in [0.4, 0.5) is 0 Å². The van der Waals surface area contributed by atoms with Gasteiger partial charge in [0.15, 0.2) is 0 Å². The maximum Gasteiger partial charge on any atom is 0.472 e. The van der Waals surface area contributed by atoms with Crippen LogP contribution in [0, 0.1) is 0 Å². The zero-order chi connectivity index (χ0) is 29.4. The molecule has 8 nitrogen and oxygen atoms in total. The minimum Gasteiger partial charge on any atom is -0.391 e. The highest BCUT2D eigenvalue weighted by molar-refractivity contribution is 7.47. The van der Waals surface area contributed by atoms with Crippen molar-refractivity contribution in [1.29, 1.82) is 0 Å². The summed E-state index contributed by atoms with van der Waals surface area (Å²) in [5.74, 6) is -0.152. The van der Waals surface area contributed by atoms with Crippen LogP contribution in [0.5, 0.6) is 0 Å². The van der Waals surface area contributed by atoms with Gasteiger partial charge in [0, 0.05) is 6.42 Å². The third-order valence-corrected chi connectivity index (χ3v) is 8.09. The Bertz CT molecular complexity index is 629. The highest BCUT2D eigenvalue weighted by atomic mass is 31.2. The van der Waals surface area contributed by atoms with Crippen LogP contribution in [-0.4, -0.2) is 73.4 Å². The van der Waals surface area contributed by atoms with Crippen molar-refractivity contribution in [2.45, 2.75) is 148 Å². The predicted octanol–water partition coefficient (Wildman–Crippen LogP) is 7.12. The van der Waals surface area contributed by atoms with Crippen LogP contribution in [0.15, 0.2) is 0 Å². The van der Waals surface area contributed by atoms with Crippen molar-refractivity contribution in [2.24, 2.45) is 0 Å². The van der Waals surface area contributed by atoms with E-state index in [9.17, 15) is 19.4 Å². The van der Waals surface area contributed by atoms with Gasteiger partial charge in [0.05, 0.1) is 39.9 Å². The lowest BCUT2D eigenvalue weighted by Gasteiger charge is -2.26. The Balaban J connectivity index is 4.54. The molecule has 3 unspecified atom stereocenters. The summed E-state index contributed by atoms with van der Waals surface area (Å²) < 4.78 is 23.3. The highest BCUT2D eigenvalue weighted by Crippen LogP contribution is 2.43. The molecule has 0 bridgehead atoms. The standard InChI is InChI=1S/C30H63N2O6P/c1-6-8-10-12-14-15-16-18-20-22-24-30(34)31-28(29(33)23-21-19-17-13-11-9-7-2)27-38-39(35,36)37-26-25-32(3,4)5/h28-29,33H,6-27H2,1-5H3,(H-,31,34,35,36)/p+1. The first-order chi connectivity index (χ1) is 18.5. The minimum absolute atomic E-state index is 0.0770. The van der Waals surface area contributed by atoms with E-state index in [-0.39, 0.29) is 19.1 Å². The molecule has 0 heterocycles. The number of carbonyl (C=O) groups excluding carboxylic acids is 1. The third-order valence-electron chi connectivity index (χ3n) is 7.11. The SMILES string of the molecule is CCCCCCCCCCCCC(=O)NC(COP(=O)(O)OCC[N+](C)(C)C)C(O)CCCCCCCCC. The number of amides is 1. The monoisotopic (exact) mass is 579 g/mol. The number of nitrogens with one attached hydrogen (secondary N) is 1. The van der Waals surface area contributed by atoms with Crippen molar-refractivity contribution in [3.63, 3.8) is 0 Å². The number of phosphoric ester groups is 1. The van der Waals surface area contributed by atoms with Crippen molar-refractivity contribution in [2.75, 3.05) is 40.9 Å². The molecule has 3 N–H and O–H groups in total. The summed E-state index contributed by atoms with van der Waals surface area (Å²) in [6.45, 7) is 4.79. The Labute approximate surface area is 240 Å². The molecule has 0 aliphatic carbocycles. The quantitative estimate of drug-likeness (QED) is 0.0518. The fraction of sp³-hybridized carbons (Fsp3) is 0.967. The average Bonchev–Trinajstić information content (AvgIpc) is 2.86. The van der Waals surface area contributed by atoms with Gasteiger partial charge in [-0.3, -0.25) is 13.8 Å². The Morgan fingerprint density at radius 2 is 1.23 bits per heavy atom. The van der Waals surface area contributed by atoms with E-state index in [1.807, 2.05) is 21.1 Å². The van der Waals surface area contributed by atoms with E-state index in [0.717, 1.165) is 38.5 Å². The summed E-state index contributed by atoms with van der Waals surface area (Å²) in [5.41, 5.74) is 0. The molecule has 0 aromatic carbocycles. The Kier molecular flexibility index (Phi) is 23.8. The van der Waals surface area contributed by atoms with Crippen LogP contribution in [0.3, 0.4) is 0 Å². The molecule has 9 heteroatoms. The lowest BCUT2D eigenvalue weighted by Crippen LogP contribution is -2.46. The van der Waals surface area contributed by atoms with Gasteiger partial charge < -0.3 is 19.8 Å². The molecule has 0 rings (SSSR count). The number of hydrogen-bond donors (Lipinski definition) is 3. The van der Waals surface area contributed by atoms with Gasteiger partial charge in [0.25, 0.3) is 0 Å². The molecular formula is C30H64N2O6P+. The summed E-state index contributed by atoms with van der Waals surface area (Å²) in [7, 11) is 1.61. The topological polar surface area (TPSA) is 105 Å². The second kappa shape index (κ2) is 24.1. The number of unbranched alkanes of at least 4 members (excludes halogenated alkanes) is 15. The Morgan fingerprint density at radius 1 is 0.769 bits per heavy atom. The lowest BCUT2D eigenvalue weighted by molar-refractivity contribution is -0.870. The number of nitrogens with zero attached hydrogens (tertiary/aromatic N) is 1. The number of aliphatic hydroxyl groups excluding tert-OH is 1. The second-order valence-corrected chi connectivity index (χ2v) is 13.6. The normalized spacial score (nSPS) is 15.2. The van der Waals surface area contributed by atoms with E-state index in [4.69, 9.17) is 9.05 Å². The maximum absolute atomic E-state index is 12.6. The molecule has 0 aromatic rings. The molecule has 234 valence electrons. The van der Waals surface area contributed by atoms with Crippen molar-refractivity contribution in [3.05, 3.63) is 0 Å². The molecule has 0 spiro atoms. The minimum atomic E-state index is -4.28. The molecule has 3 atom stereocenters. The number of quaternary nitrogens is 1. The van der Waals surface area contributed by atoms with Crippen LogP contribution in [0.1, 0.15) is 136 Å². The number of rotatable bonds is 28. The third kappa shape index (κ3) is 26.2. The van der Waals surface area contributed by atoms with Crippen LogP contribution in [-0.2, 0) is 18.4 Å². The summed E-state index contributed by atoms with van der Waals surface area (Å²) in [6, 6.07) is -0.747.